The number of thiophene rings is 2. The Balaban J connectivity index is 2.23. The number of nitrogens with zero attached hydrogens (tertiary/aromatic N) is 4. The molecule has 0 aliphatic heterocycles. The van der Waals surface area contributed by atoms with Crippen molar-refractivity contribution in [3.63, 3.8) is 0 Å². The van der Waals surface area contributed by atoms with E-state index in [-0.39, 0.29) is 17.4 Å². The number of benzene rings is 1. The molecule has 6 heteroatoms. The summed E-state index contributed by atoms with van der Waals surface area (Å²) in [5, 5.41) is 44.5. The second-order valence-corrected chi connectivity index (χ2v) is 10.5. The fourth-order valence-electron chi connectivity index (χ4n) is 4.21. The first-order valence-corrected chi connectivity index (χ1v) is 11.9. The van der Waals surface area contributed by atoms with E-state index in [1.807, 2.05) is 24.3 Å². The molecule has 0 N–H and O–H groups in total. The van der Waals surface area contributed by atoms with Crippen molar-refractivity contribution in [1.29, 1.82) is 21.0 Å². The minimum absolute atomic E-state index is 0.0360. The lowest BCUT2D eigenvalue weighted by Gasteiger charge is -2.34. The minimum Gasteiger partial charge on any atom is -0.192 e. The summed E-state index contributed by atoms with van der Waals surface area (Å²) >= 11 is 3.13. The first-order valence-electron chi connectivity index (χ1n) is 10.2. The fraction of sp³-hybridized carbons (Fsp3) is 0.308. The van der Waals surface area contributed by atoms with E-state index in [0.717, 1.165) is 31.7 Å². The zero-order valence-electron chi connectivity index (χ0n) is 18.6. The molecular formula is C26H22N4S2. The van der Waals surface area contributed by atoms with E-state index in [2.05, 4.69) is 57.5 Å². The van der Waals surface area contributed by atoms with Gasteiger partial charge in [-0.25, -0.2) is 0 Å². The van der Waals surface area contributed by atoms with Gasteiger partial charge in [-0.15, -0.1) is 11.3 Å². The predicted octanol–water partition coefficient (Wildman–Crippen LogP) is 7.34. The van der Waals surface area contributed by atoms with E-state index >= 15 is 0 Å². The number of rotatable bonds is 5. The summed E-state index contributed by atoms with van der Waals surface area (Å²) in [6, 6.07) is 12.4. The number of hydrogen-bond donors (Lipinski definition) is 0. The smallest absolute Gasteiger partial charge is 0.131 e. The van der Waals surface area contributed by atoms with E-state index < -0.39 is 5.41 Å². The first-order chi connectivity index (χ1) is 15.2. The van der Waals surface area contributed by atoms with Crippen LogP contribution < -0.4 is 0 Å². The Kier molecular flexibility index (Phi) is 6.52. The Morgan fingerprint density at radius 2 is 1.56 bits per heavy atom. The van der Waals surface area contributed by atoms with Gasteiger partial charge in [0.1, 0.15) is 29.8 Å². The topological polar surface area (TPSA) is 95.2 Å². The third-order valence-electron chi connectivity index (χ3n) is 6.12. The SMILES string of the molecule is CC(C)c1c(C#N)c(C#N)c(C(C)(C)C(C)c2ccc(C=C(C#N)C#N)s2)c2cscc12. The van der Waals surface area contributed by atoms with Gasteiger partial charge in [0, 0.05) is 9.75 Å². The van der Waals surface area contributed by atoms with Crippen LogP contribution in [0.25, 0.3) is 16.8 Å². The number of allylic oxidation sites excluding steroid dienone is 1. The molecule has 1 aromatic carbocycles. The van der Waals surface area contributed by atoms with Gasteiger partial charge in [0.05, 0.1) is 11.1 Å². The Morgan fingerprint density at radius 1 is 0.938 bits per heavy atom. The van der Waals surface area contributed by atoms with Crippen molar-refractivity contribution in [3.05, 3.63) is 60.5 Å². The molecule has 2 heterocycles. The van der Waals surface area contributed by atoms with Crippen LogP contribution in [0, 0.1) is 45.3 Å². The second-order valence-electron chi connectivity index (χ2n) is 8.58. The van der Waals surface area contributed by atoms with Gasteiger partial charge >= 0.3 is 0 Å². The zero-order chi connectivity index (χ0) is 23.6. The van der Waals surface area contributed by atoms with Crippen molar-refractivity contribution >= 4 is 39.5 Å². The number of nitriles is 4. The van der Waals surface area contributed by atoms with Crippen molar-refractivity contribution < 1.29 is 0 Å². The lowest BCUT2D eigenvalue weighted by Crippen LogP contribution is -2.27. The van der Waals surface area contributed by atoms with Gasteiger partial charge in [-0.2, -0.15) is 32.4 Å². The minimum atomic E-state index is -0.440. The lowest BCUT2D eigenvalue weighted by atomic mass is 9.69. The van der Waals surface area contributed by atoms with Crippen molar-refractivity contribution in [1.82, 2.24) is 0 Å². The van der Waals surface area contributed by atoms with Gasteiger partial charge in [0.2, 0.25) is 0 Å². The molecule has 1 unspecified atom stereocenters. The van der Waals surface area contributed by atoms with Gasteiger partial charge in [-0.05, 0) is 68.1 Å². The Bertz CT molecular complexity index is 1370. The maximum absolute atomic E-state index is 10.1. The molecule has 0 saturated carbocycles. The van der Waals surface area contributed by atoms with Crippen LogP contribution in [-0.2, 0) is 5.41 Å². The molecule has 0 radical (unpaired) electrons. The quantitative estimate of drug-likeness (QED) is 0.377. The average molecular weight is 455 g/mol. The molecule has 0 amide bonds. The molecular weight excluding hydrogens is 432 g/mol. The molecule has 3 rings (SSSR count). The van der Waals surface area contributed by atoms with Crippen molar-refractivity contribution in [2.75, 3.05) is 0 Å². The molecule has 32 heavy (non-hydrogen) atoms. The van der Waals surface area contributed by atoms with E-state index in [4.69, 9.17) is 10.5 Å². The summed E-state index contributed by atoms with van der Waals surface area (Å²) in [7, 11) is 0. The number of hydrogen-bond acceptors (Lipinski definition) is 6. The normalized spacial score (nSPS) is 11.9. The van der Waals surface area contributed by atoms with Crippen LogP contribution >= 0.6 is 22.7 Å². The highest BCUT2D eigenvalue weighted by atomic mass is 32.1. The summed E-state index contributed by atoms with van der Waals surface area (Å²) in [6.45, 7) is 10.5. The van der Waals surface area contributed by atoms with Crippen LogP contribution in [-0.4, -0.2) is 0 Å². The third-order valence-corrected chi connectivity index (χ3v) is 8.08. The maximum atomic E-state index is 10.1. The highest BCUT2D eigenvalue weighted by Crippen LogP contribution is 2.48. The van der Waals surface area contributed by atoms with Gasteiger partial charge in [-0.3, -0.25) is 0 Å². The molecule has 0 bridgehead atoms. The average Bonchev–Trinajstić information content (AvgIpc) is 3.44. The highest BCUT2D eigenvalue weighted by Gasteiger charge is 2.36. The molecule has 0 aliphatic carbocycles. The molecule has 3 aromatic rings. The van der Waals surface area contributed by atoms with E-state index in [9.17, 15) is 10.5 Å². The lowest BCUT2D eigenvalue weighted by molar-refractivity contribution is 0.444. The van der Waals surface area contributed by atoms with Crippen LogP contribution in [0.15, 0.2) is 28.5 Å². The monoisotopic (exact) mass is 454 g/mol. The van der Waals surface area contributed by atoms with Crippen LogP contribution in [0.3, 0.4) is 0 Å². The largest absolute Gasteiger partial charge is 0.192 e. The van der Waals surface area contributed by atoms with Gasteiger partial charge in [0.15, 0.2) is 0 Å². The second kappa shape index (κ2) is 8.98. The predicted molar refractivity (Wildman–Crippen MR) is 130 cm³/mol. The molecule has 0 fully saturated rings. The molecule has 158 valence electrons. The van der Waals surface area contributed by atoms with Crippen LogP contribution in [0.2, 0.25) is 0 Å². The number of fused-ring (bicyclic) bond motifs is 1. The summed E-state index contributed by atoms with van der Waals surface area (Å²) in [6.07, 6.45) is 1.59. The summed E-state index contributed by atoms with van der Waals surface area (Å²) in [5.74, 6) is 0.165. The molecule has 0 saturated heterocycles. The van der Waals surface area contributed by atoms with E-state index in [1.54, 1.807) is 17.4 Å². The van der Waals surface area contributed by atoms with Crippen LogP contribution in [0.4, 0.5) is 0 Å². The van der Waals surface area contributed by atoms with Crippen LogP contribution in [0.5, 0.6) is 0 Å². The summed E-state index contributed by atoms with van der Waals surface area (Å²) in [4.78, 5) is 1.94. The maximum Gasteiger partial charge on any atom is 0.131 e. The highest BCUT2D eigenvalue weighted by molar-refractivity contribution is 7.13. The van der Waals surface area contributed by atoms with E-state index in [1.165, 1.54) is 11.3 Å². The standard InChI is InChI=1S/C26H22N4S2/c1-15(2)24-19(11-29)20(12-30)25(22-14-31-13-21(22)24)26(4,5)16(3)23-7-6-18(32-23)8-17(9-27)10-28/h6-8,13-16H,1-5H3. The van der Waals surface area contributed by atoms with Crippen molar-refractivity contribution in [2.45, 2.75) is 51.9 Å². The first kappa shape index (κ1) is 23.2. The molecule has 1 atom stereocenters. The van der Waals surface area contributed by atoms with Crippen molar-refractivity contribution in [2.24, 2.45) is 0 Å². The molecule has 0 aliphatic rings. The zero-order valence-corrected chi connectivity index (χ0v) is 20.3. The van der Waals surface area contributed by atoms with Gasteiger partial charge < -0.3 is 0 Å². The molecule has 2 aromatic heterocycles. The Hall–Kier alpha value is -3.42. The fourth-order valence-corrected chi connectivity index (χ4v) is 6.24. The van der Waals surface area contributed by atoms with Crippen molar-refractivity contribution in [3.8, 4) is 24.3 Å². The third kappa shape index (κ3) is 3.81. The van der Waals surface area contributed by atoms with E-state index in [0.29, 0.717) is 11.1 Å². The van der Waals surface area contributed by atoms with Crippen LogP contribution in [0.1, 0.15) is 78.5 Å². The van der Waals surface area contributed by atoms with Gasteiger partial charge in [0.25, 0.3) is 0 Å². The Morgan fingerprint density at radius 3 is 2.12 bits per heavy atom. The summed E-state index contributed by atoms with van der Waals surface area (Å²) in [5.41, 5.74) is 2.42. The molecule has 0 spiro atoms. The summed E-state index contributed by atoms with van der Waals surface area (Å²) < 4.78 is 0. The van der Waals surface area contributed by atoms with Gasteiger partial charge in [-0.1, -0.05) is 34.6 Å². The Labute approximate surface area is 196 Å². The molecule has 4 nitrogen and oxygen atoms in total.